The Morgan fingerprint density at radius 3 is 2.38 bits per heavy atom. The zero-order valence-corrected chi connectivity index (χ0v) is 12.7. The summed E-state index contributed by atoms with van der Waals surface area (Å²) in [6, 6.07) is 5.54. The number of nitro benzene ring substituents is 1. The molecule has 1 heterocycles. The van der Waals surface area contributed by atoms with Crippen molar-refractivity contribution in [2.75, 3.05) is 30.2 Å². The number of rotatable bonds is 5. The number of anilines is 1. The maximum Gasteiger partial charge on any atom is 0.269 e. The maximum atomic E-state index is 12.4. The van der Waals surface area contributed by atoms with Gasteiger partial charge in [0.1, 0.15) is 0 Å². The second kappa shape index (κ2) is 6.40. The first-order valence-electron chi connectivity index (χ1n) is 6.82. The predicted octanol–water partition coefficient (Wildman–Crippen LogP) is 1.36. The van der Waals surface area contributed by atoms with Crippen LogP contribution in [0, 0.1) is 16.0 Å². The largest absolute Gasteiger partial charge is 0.317 e. The van der Waals surface area contributed by atoms with E-state index < -0.39 is 14.9 Å². The first-order valence-corrected chi connectivity index (χ1v) is 8.43. The zero-order valence-electron chi connectivity index (χ0n) is 11.9. The predicted molar refractivity (Wildman–Crippen MR) is 80.9 cm³/mol. The molecule has 0 spiro atoms. The molecule has 0 saturated carbocycles. The highest BCUT2D eigenvalue weighted by Crippen LogP contribution is 2.23. The lowest BCUT2D eigenvalue weighted by molar-refractivity contribution is -0.384. The van der Waals surface area contributed by atoms with Gasteiger partial charge in [0.2, 0.25) is 10.0 Å². The van der Waals surface area contributed by atoms with Crippen LogP contribution in [0.4, 0.5) is 11.4 Å². The fraction of sp³-hybridized carbons (Fsp3) is 0.538. The van der Waals surface area contributed by atoms with E-state index in [1.165, 1.54) is 35.6 Å². The van der Waals surface area contributed by atoms with Crippen molar-refractivity contribution in [1.82, 2.24) is 5.32 Å². The van der Waals surface area contributed by atoms with Crippen molar-refractivity contribution in [1.29, 1.82) is 0 Å². The molecular formula is C13H19N3O4S. The van der Waals surface area contributed by atoms with Crippen molar-refractivity contribution in [3.8, 4) is 0 Å². The van der Waals surface area contributed by atoms with Crippen LogP contribution in [-0.4, -0.2) is 39.2 Å². The lowest BCUT2D eigenvalue weighted by atomic mass is 10.0. The summed E-state index contributed by atoms with van der Waals surface area (Å²) in [5.74, 6) is 0.277. The number of nitrogens with one attached hydrogen (secondary N) is 1. The molecule has 1 N–H and O–H groups in total. The Labute approximate surface area is 124 Å². The number of nitro groups is 1. The molecule has 1 aromatic carbocycles. The second-order valence-electron chi connectivity index (χ2n) is 5.21. The zero-order chi connectivity index (χ0) is 15.5. The van der Waals surface area contributed by atoms with Gasteiger partial charge >= 0.3 is 0 Å². The van der Waals surface area contributed by atoms with E-state index in [1.54, 1.807) is 0 Å². The minimum atomic E-state index is -3.41. The summed E-state index contributed by atoms with van der Waals surface area (Å²) < 4.78 is 26.0. The van der Waals surface area contributed by atoms with Crippen LogP contribution in [0.1, 0.15) is 12.8 Å². The molecule has 0 unspecified atom stereocenters. The van der Waals surface area contributed by atoms with E-state index in [0.29, 0.717) is 5.69 Å². The van der Waals surface area contributed by atoms with E-state index in [9.17, 15) is 18.5 Å². The molecule has 1 aliphatic rings. The number of benzene rings is 1. The van der Waals surface area contributed by atoms with Crippen molar-refractivity contribution in [2.24, 2.45) is 5.92 Å². The number of nitrogens with zero attached hydrogens (tertiary/aromatic N) is 2. The maximum absolute atomic E-state index is 12.4. The quantitative estimate of drug-likeness (QED) is 0.654. The molecular weight excluding hydrogens is 294 g/mol. The standard InChI is InChI=1S/C13H19N3O4S/c1-15(12-2-4-13(5-3-12)16(17)18)21(19,20)10-11-6-8-14-9-7-11/h2-5,11,14H,6-10H2,1H3. The van der Waals surface area contributed by atoms with Crippen molar-refractivity contribution < 1.29 is 13.3 Å². The van der Waals surface area contributed by atoms with Gasteiger partial charge in [-0.3, -0.25) is 14.4 Å². The van der Waals surface area contributed by atoms with Crippen LogP contribution in [0.25, 0.3) is 0 Å². The highest BCUT2D eigenvalue weighted by atomic mass is 32.2. The van der Waals surface area contributed by atoms with Gasteiger partial charge in [0.05, 0.1) is 16.4 Å². The molecule has 0 atom stereocenters. The molecule has 2 rings (SSSR count). The molecule has 0 radical (unpaired) electrons. The molecule has 0 aliphatic carbocycles. The molecule has 21 heavy (non-hydrogen) atoms. The van der Waals surface area contributed by atoms with Crippen LogP contribution in [-0.2, 0) is 10.0 Å². The van der Waals surface area contributed by atoms with E-state index in [2.05, 4.69) is 5.32 Å². The van der Waals surface area contributed by atoms with Gasteiger partial charge < -0.3 is 5.32 Å². The average Bonchev–Trinajstić information content (AvgIpc) is 2.47. The third-order valence-electron chi connectivity index (χ3n) is 3.75. The molecule has 0 aromatic heterocycles. The van der Waals surface area contributed by atoms with Crippen molar-refractivity contribution >= 4 is 21.4 Å². The number of piperidine rings is 1. The Kier molecular flexibility index (Phi) is 4.79. The molecule has 1 saturated heterocycles. The topological polar surface area (TPSA) is 92.5 Å². The summed E-state index contributed by atoms with van der Waals surface area (Å²) in [6.45, 7) is 1.70. The van der Waals surface area contributed by atoms with Crippen LogP contribution >= 0.6 is 0 Å². The number of sulfonamides is 1. The van der Waals surface area contributed by atoms with Crippen LogP contribution in [0.2, 0.25) is 0 Å². The fourth-order valence-corrected chi connectivity index (χ4v) is 4.00. The summed E-state index contributed by atoms with van der Waals surface area (Å²) in [4.78, 5) is 10.1. The number of non-ortho nitro benzene ring substituents is 1. The van der Waals surface area contributed by atoms with Gasteiger partial charge in [-0.05, 0) is 44.0 Å². The normalized spacial score (nSPS) is 16.6. The van der Waals surface area contributed by atoms with Gasteiger partial charge in [-0.25, -0.2) is 8.42 Å². The minimum Gasteiger partial charge on any atom is -0.317 e. The lowest BCUT2D eigenvalue weighted by Gasteiger charge is -2.26. The summed E-state index contributed by atoms with van der Waals surface area (Å²) in [5.41, 5.74) is 0.387. The summed E-state index contributed by atoms with van der Waals surface area (Å²) in [5, 5.41) is 13.8. The second-order valence-corrected chi connectivity index (χ2v) is 7.26. The monoisotopic (exact) mass is 313 g/mol. The Hall–Kier alpha value is -1.67. The van der Waals surface area contributed by atoms with Gasteiger partial charge in [0, 0.05) is 19.2 Å². The Morgan fingerprint density at radius 1 is 1.29 bits per heavy atom. The molecule has 0 bridgehead atoms. The molecule has 7 nitrogen and oxygen atoms in total. The molecule has 8 heteroatoms. The van der Waals surface area contributed by atoms with E-state index in [4.69, 9.17) is 0 Å². The lowest BCUT2D eigenvalue weighted by Crippen LogP contribution is -2.36. The van der Waals surface area contributed by atoms with Crippen LogP contribution < -0.4 is 9.62 Å². The minimum absolute atomic E-state index is 0.0529. The molecule has 1 aliphatic heterocycles. The van der Waals surface area contributed by atoms with Gasteiger partial charge in [-0.15, -0.1) is 0 Å². The van der Waals surface area contributed by atoms with Crippen molar-refractivity contribution in [2.45, 2.75) is 12.8 Å². The number of hydrogen-bond acceptors (Lipinski definition) is 5. The molecule has 1 fully saturated rings. The Bertz CT molecular complexity index is 594. The van der Waals surface area contributed by atoms with Crippen molar-refractivity contribution in [3.63, 3.8) is 0 Å². The first-order chi connectivity index (χ1) is 9.90. The third kappa shape index (κ3) is 3.92. The summed E-state index contributed by atoms with van der Waals surface area (Å²) in [6.07, 6.45) is 1.71. The smallest absolute Gasteiger partial charge is 0.269 e. The Balaban J connectivity index is 2.09. The Morgan fingerprint density at radius 2 is 1.86 bits per heavy atom. The van der Waals surface area contributed by atoms with Crippen molar-refractivity contribution in [3.05, 3.63) is 34.4 Å². The average molecular weight is 313 g/mol. The van der Waals surface area contributed by atoms with E-state index in [-0.39, 0.29) is 17.4 Å². The highest BCUT2D eigenvalue weighted by molar-refractivity contribution is 7.92. The van der Waals surface area contributed by atoms with Gasteiger partial charge in [0.25, 0.3) is 5.69 Å². The molecule has 1 aromatic rings. The summed E-state index contributed by atoms with van der Waals surface area (Å²) in [7, 11) is -1.93. The SMILES string of the molecule is CN(c1ccc([N+](=O)[O-])cc1)S(=O)(=O)CC1CCNCC1. The third-order valence-corrected chi connectivity index (χ3v) is 5.68. The summed E-state index contributed by atoms with van der Waals surface area (Å²) >= 11 is 0. The first kappa shape index (κ1) is 15.7. The van der Waals surface area contributed by atoms with Crippen LogP contribution in [0.15, 0.2) is 24.3 Å². The van der Waals surface area contributed by atoms with Gasteiger partial charge in [-0.1, -0.05) is 0 Å². The van der Waals surface area contributed by atoms with Gasteiger partial charge in [0.15, 0.2) is 0 Å². The van der Waals surface area contributed by atoms with Crippen LogP contribution in [0.3, 0.4) is 0 Å². The molecule has 116 valence electrons. The van der Waals surface area contributed by atoms with Gasteiger partial charge in [-0.2, -0.15) is 0 Å². The number of hydrogen-bond donors (Lipinski definition) is 1. The fourth-order valence-electron chi connectivity index (χ4n) is 2.40. The van der Waals surface area contributed by atoms with E-state index in [1.807, 2.05) is 0 Å². The van der Waals surface area contributed by atoms with E-state index in [0.717, 1.165) is 25.9 Å². The van der Waals surface area contributed by atoms with Crippen LogP contribution in [0.5, 0.6) is 0 Å². The van der Waals surface area contributed by atoms with E-state index >= 15 is 0 Å². The highest BCUT2D eigenvalue weighted by Gasteiger charge is 2.25. The molecule has 0 amide bonds.